The van der Waals surface area contributed by atoms with E-state index < -0.39 is 12.0 Å². The van der Waals surface area contributed by atoms with Gasteiger partial charge in [0.15, 0.2) is 0 Å². The smallest absolute Gasteiger partial charge is 0.320 e. The van der Waals surface area contributed by atoms with E-state index in [1.165, 1.54) is 185 Å². The van der Waals surface area contributed by atoms with Crippen LogP contribution < -0.4 is 57.3 Å². The molecule has 21 N–H and O–H groups in total. The van der Waals surface area contributed by atoms with Gasteiger partial charge in [0.1, 0.15) is 6.04 Å². The van der Waals surface area contributed by atoms with E-state index in [9.17, 15) is 4.79 Å². The Balaban J connectivity index is 0.000000245. The molecule has 3 spiro atoms. The maximum atomic E-state index is 10.7. The number of aliphatic carboxylic acids is 1. The lowest BCUT2D eigenvalue weighted by atomic mass is 9.54. The van der Waals surface area contributed by atoms with Gasteiger partial charge in [-0.15, -0.1) is 0 Å². The maximum Gasteiger partial charge on any atom is 0.320 e. The third-order valence-electron chi connectivity index (χ3n) is 38.1. The van der Waals surface area contributed by atoms with Crippen LogP contribution in [0.5, 0.6) is 0 Å². The van der Waals surface area contributed by atoms with Gasteiger partial charge < -0.3 is 101 Å². The Kier molecular flexibility index (Phi) is 57.1. The number of hydrogen-bond acceptors (Lipinski definition) is 24. The normalized spacial score (nSPS) is 31.2. The first kappa shape index (κ1) is 130. The molecule has 14 aliphatic heterocycles. The fourth-order valence-corrected chi connectivity index (χ4v) is 27.5. The van der Waals surface area contributed by atoms with Crippen molar-refractivity contribution in [2.24, 2.45) is 110 Å². The van der Waals surface area contributed by atoms with Crippen molar-refractivity contribution in [3.05, 3.63) is 71.8 Å². The second-order valence-electron chi connectivity index (χ2n) is 49.9. The van der Waals surface area contributed by atoms with Gasteiger partial charge in [-0.2, -0.15) is 27.0 Å². The first-order valence-corrected chi connectivity index (χ1v) is 58.3. The second kappa shape index (κ2) is 63.0. The molecule has 1 saturated carbocycles. The van der Waals surface area contributed by atoms with Crippen LogP contribution in [0.15, 0.2) is 60.7 Å². The Morgan fingerprint density at radius 1 is 0.410 bits per heavy atom. The van der Waals surface area contributed by atoms with Gasteiger partial charge in [-0.25, -0.2) is 0 Å². The lowest BCUT2D eigenvalue weighted by molar-refractivity contribution is -0.246. The number of carboxylic acid groups (broad SMARTS) is 1. The van der Waals surface area contributed by atoms with E-state index in [0.29, 0.717) is 102 Å². The van der Waals surface area contributed by atoms with E-state index in [0.717, 1.165) is 178 Å². The van der Waals surface area contributed by atoms with Crippen molar-refractivity contribution in [3.8, 4) is 0 Å². The van der Waals surface area contributed by atoms with Gasteiger partial charge in [0.2, 0.25) is 0 Å². The molecular formula is C117H230N20O5S2. The summed E-state index contributed by atoms with van der Waals surface area (Å²) in [6.07, 6.45) is 32.3. The van der Waals surface area contributed by atoms with Crippen LogP contribution in [0.1, 0.15) is 349 Å². The molecule has 6 unspecified atom stereocenters. The van der Waals surface area contributed by atoms with Crippen molar-refractivity contribution < 1.29 is 24.1 Å². The number of rotatable bonds is 21. The number of methoxy groups -OCH3 is 1. The number of carbonyl (C=O) groups is 1. The van der Waals surface area contributed by atoms with E-state index in [2.05, 4.69) is 269 Å². The zero-order valence-corrected chi connectivity index (χ0v) is 98.6. The first-order valence-electron chi connectivity index (χ1n) is 58.3. The number of likely N-dealkylation sites (tertiary alicyclic amines) is 9. The number of nitrogens with two attached hydrogens (primary N) is 10. The minimum Gasteiger partial charge on any atom is -0.480 e. The number of ether oxygens (including phenoxy) is 3. The lowest BCUT2D eigenvalue weighted by Gasteiger charge is -2.75. The van der Waals surface area contributed by atoms with Crippen LogP contribution in [-0.2, 0) is 19.0 Å². The van der Waals surface area contributed by atoms with E-state index in [-0.39, 0.29) is 67.7 Å². The Morgan fingerprint density at radius 3 is 1.06 bits per heavy atom. The molecule has 0 aromatic heterocycles. The number of piperidine rings is 11. The number of carboxylic acids is 1. The topological polar surface area (TPSA) is 358 Å². The van der Waals surface area contributed by atoms with E-state index >= 15 is 0 Å². The van der Waals surface area contributed by atoms with Crippen LogP contribution in [0, 0.1) is 52.3 Å². The van der Waals surface area contributed by atoms with Crippen molar-refractivity contribution in [3.63, 3.8) is 0 Å². The lowest BCUT2D eigenvalue weighted by Crippen LogP contribution is -2.82. The molecular weight excluding hydrogens is 1830 g/mol. The summed E-state index contributed by atoms with van der Waals surface area (Å²) in [6.45, 7) is 75.2. The summed E-state index contributed by atoms with van der Waals surface area (Å²) in [5, 5.41) is 8.77. The van der Waals surface area contributed by atoms with Gasteiger partial charge in [-0.05, 0) is 462 Å². The summed E-state index contributed by atoms with van der Waals surface area (Å²) < 4.78 is 17.1. The molecule has 2 aromatic rings. The molecule has 27 heteroatoms. The second-order valence-corrected chi connectivity index (χ2v) is 49.9. The van der Waals surface area contributed by atoms with Crippen LogP contribution in [0.3, 0.4) is 0 Å². The van der Waals surface area contributed by atoms with Crippen molar-refractivity contribution in [1.29, 1.82) is 0 Å². The minimum atomic E-state index is -0.868. The Morgan fingerprint density at radius 2 is 0.764 bits per heavy atom. The molecule has 15 aliphatic rings. The van der Waals surface area contributed by atoms with Gasteiger partial charge in [0.25, 0.3) is 0 Å². The third kappa shape index (κ3) is 36.4. The van der Waals surface area contributed by atoms with Gasteiger partial charge in [-0.1, -0.05) is 80.9 Å². The van der Waals surface area contributed by atoms with Crippen molar-refractivity contribution in [2.75, 3.05) is 151 Å². The molecule has 0 bridgehead atoms. The summed E-state index contributed by atoms with van der Waals surface area (Å²) in [5.74, 6) is 3.89. The van der Waals surface area contributed by atoms with Crippen LogP contribution in [-0.4, -0.2) is 337 Å². The largest absolute Gasteiger partial charge is 0.480 e. The molecule has 17 atom stereocenters. The number of benzene rings is 2. The van der Waals surface area contributed by atoms with Crippen molar-refractivity contribution >= 4 is 33.0 Å². The highest BCUT2D eigenvalue weighted by molar-refractivity contribution is 7.59. The van der Waals surface area contributed by atoms with Crippen molar-refractivity contribution in [2.45, 2.75) is 464 Å². The Labute approximate surface area is 896 Å². The molecule has 0 radical (unpaired) electrons. The SMILES string of the molecule is CC(C)C12CC3CC(CN)C[C@H](C1)N32.CC(C)N1CCC(C(N)C(=O)O)CC1.CC(C)N1CCC2(CC1)CO[C@@H](C)[C@H]2N.CC(C)N1CCC2(CC1)OCCC2N.CC(C)N1CCC2(CCCC2N)CC1.CC(C)N1CC[C@@H](CN)C[C@@H]1c1ccccc1.CC(C)N1CC[C@@H](CN)C[C@H]1C.CC(C)N1CC[C@H](CN)C[C@H]1C.CC(C)N1CC[C@H](CN)C[C@H]1c1ccccc1.COC1(CN)CCN(C(C)C)CC1.S.S. The fourth-order valence-electron chi connectivity index (χ4n) is 27.5. The van der Waals surface area contributed by atoms with Gasteiger partial charge in [0, 0.05) is 166 Å². The molecule has 0 amide bonds. The molecule has 144 heavy (non-hydrogen) atoms. The van der Waals surface area contributed by atoms with Gasteiger partial charge in [-0.3, -0.25) is 29.3 Å². The van der Waals surface area contributed by atoms with E-state index in [1.54, 1.807) is 7.11 Å². The zero-order chi connectivity index (χ0) is 105. The molecule has 25 nitrogen and oxygen atoms in total. The average Bonchev–Trinajstić information content (AvgIpc) is 0.798. The highest BCUT2D eigenvalue weighted by atomic mass is 32.1. The summed E-state index contributed by atoms with van der Waals surface area (Å²) >= 11 is 0. The Hall–Kier alpha value is -2.31. The van der Waals surface area contributed by atoms with Crippen LogP contribution in [0.4, 0.5) is 0 Å². The van der Waals surface area contributed by atoms with E-state index in [4.69, 9.17) is 76.7 Å². The molecule has 15 fully saturated rings. The van der Waals surface area contributed by atoms with Crippen LogP contribution >= 0.6 is 27.0 Å². The number of nitrogens with zero attached hydrogens (tertiary/aromatic N) is 10. The fraction of sp³-hybridized carbons (Fsp3) is 0.889. The highest BCUT2D eigenvalue weighted by Gasteiger charge is 2.66. The molecule has 840 valence electrons. The van der Waals surface area contributed by atoms with E-state index in [1.807, 2.05) is 0 Å². The average molecular weight is 2060 g/mol. The van der Waals surface area contributed by atoms with Gasteiger partial charge in [0.05, 0.1) is 23.9 Å². The standard InChI is InChI=1S/2C15H24N2.C12H24N2O.C12H22N2.C12H24N2.C11H22N2O.C10H20N2O2.C10H22N2O.2C10H22N2.2H2S/c2*1-12(2)17-9-8-13(11-16)10-15(17)14-6-4-3-5-7-14;1-9(2)14-6-4-12(5-7-14)8-15-10(3)11(12)13;1-8(2)12-5-10-3-9(7-13)4-11(6-12)14(10)12;1-10(2)14-8-6-12(7-9-14)5-3-4-11(12)13;1-9(2)13-6-4-11(5-7-13)10(12)3-8-14-11;1-7(2)12-5-3-8(4-6-12)9(11)10(13)14;1-9(2)12-6-4-10(8-11,13-3)5-7-12;2*1-8(2)12-5-4-10(7-11)6-9(12)3;;/h2*3-7,12-13,15H,8-11,16H2,1-2H3;9-11H,4-8,13H2,1-3H3;8-11H,3-7,13H2,1-2H3;10-11H,3-9,13H2,1-2H3;9-10H,3-8,12H2,1-2H3;7-9H,3-6,11H2,1-2H3,(H,13,14);9H,4-8,11H2,1-3H3;2*8-10H,4-7,11H2,1-3H3;2*1H2/t2*13-,15-;10-,11+;9?,10-,11?,12?;;;;;9-,10+;9-,10-;;/m1001....11../s1. The predicted molar refractivity (Wildman–Crippen MR) is 619 cm³/mol. The van der Waals surface area contributed by atoms with Crippen molar-refractivity contribution in [1.82, 2.24) is 49.0 Å². The summed E-state index contributed by atoms with van der Waals surface area (Å²) in [5.41, 5.74) is 63.1. The minimum absolute atomic E-state index is 0. The molecule has 14 saturated heterocycles. The first-order chi connectivity index (χ1) is 67.4. The highest BCUT2D eigenvalue weighted by Crippen LogP contribution is 2.61. The maximum absolute atomic E-state index is 10.7. The molecule has 1 aliphatic carbocycles. The quantitative estimate of drug-likeness (QED) is 0.0553. The summed E-state index contributed by atoms with van der Waals surface area (Å²) in [6, 6.07) is 32.3. The zero-order valence-electron chi connectivity index (χ0n) is 96.6. The Bertz CT molecular complexity index is 3540. The van der Waals surface area contributed by atoms with Crippen LogP contribution in [0.2, 0.25) is 0 Å². The number of hydrogen-bond donors (Lipinski definition) is 11. The molecule has 14 heterocycles. The predicted octanol–water partition coefficient (Wildman–Crippen LogP) is 15.9. The molecule has 2 aromatic carbocycles. The summed E-state index contributed by atoms with van der Waals surface area (Å²) in [4.78, 5) is 36.4. The monoisotopic (exact) mass is 2060 g/mol. The molecule has 17 rings (SSSR count). The third-order valence-corrected chi connectivity index (χ3v) is 38.1. The van der Waals surface area contributed by atoms with Crippen LogP contribution in [0.25, 0.3) is 0 Å². The summed E-state index contributed by atoms with van der Waals surface area (Å²) in [7, 11) is 1.78. The van der Waals surface area contributed by atoms with Gasteiger partial charge >= 0.3 is 5.97 Å².